The number of rotatable bonds is 7. The number of fused-ring (bicyclic) bond motifs is 3. The molecule has 1 heterocycles. The Morgan fingerprint density at radius 1 is 1.03 bits per heavy atom. The molecule has 0 fully saturated rings. The molecule has 0 bridgehead atoms. The first kappa shape index (κ1) is 20.5. The summed E-state index contributed by atoms with van der Waals surface area (Å²) in [5.41, 5.74) is 4.92. The van der Waals surface area contributed by atoms with Gasteiger partial charge < -0.3 is 19.9 Å². The molecule has 0 saturated heterocycles. The molecule has 4 heteroatoms. The fourth-order valence-electron chi connectivity index (χ4n) is 4.99. The van der Waals surface area contributed by atoms with Gasteiger partial charge in [-0.05, 0) is 72.2 Å². The molecule has 5 rings (SSSR count). The van der Waals surface area contributed by atoms with Crippen LogP contribution in [-0.2, 0) is 6.42 Å². The van der Waals surface area contributed by atoms with Crippen molar-refractivity contribution in [3.63, 3.8) is 0 Å². The molecular weight excluding hydrogens is 398 g/mol. The average Bonchev–Trinajstić information content (AvgIpc) is 3.33. The van der Waals surface area contributed by atoms with Gasteiger partial charge in [0.05, 0.1) is 19.8 Å². The predicted octanol–water partition coefficient (Wildman–Crippen LogP) is 6.24. The first-order valence-corrected chi connectivity index (χ1v) is 11.3. The van der Waals surface area contributed by atoms with Crippen LogP contribution in [0.3, 0.4) is 0 Å². The number of benzene rings is 3. The van der Waals surface area contributed by atoms with Crippen LogP contribution < -0.4 is 14.8 Å². The monoisotopic (exact) mass is 427 g/mol. The maximum Gasteiger partial charge on any atom is 0.160 e. The van der Waals surface area contributed by atoms with Gasteiger partial charge in [-0.3, -0.25) is 0 Å². The summed E-state index contributed by atoms with van der Waals surface area (Å²) in [6, 6.07) is 22.7. The van der Waals surface area contributed by atoms with Crippen molar-refractivity contribution in [2.24, 2.45) is 5.92 Å². The molecule has 3 atom stereocenters. The molecule has 4 nitrogen and oxygen atoms in total. The number of nitrogens with one attached hydrogen (secondary N) is 1. The van der Waals surface area contributed by atoms with Crippen molar-refractivity contribution in [2.75, 3.05) is 19.0 Å². The van der Waals surface area contributed by atoms with Crippen molar-refractivity contribution in [1.29, 1.82) is 0 Å². The van der Waals surface area contributed by atoms with Crippen LogP contribution in [0, 0.1) is 5.92 Å². The summed E-state index contributed by atoms with van der Waals surface area (Å²) in [7, 11) is 1.59. The lowest BCUT2D eigenvalue weighted by Crippen LogP contribution is -2.29. The molecule has 1 aliphatic carbocycles. The lowest BCUT2D eigenvalue weighted by molar-refractivity contribution is 0.310. The van der Waals surface area contributed by atoms with E-state index in [9.17, 15) is 5.11 Å². The summed E-state index contributed by atoms with van der Waals surface area (Å²) in [4.78, 5) is 0. The van der Waals surface area contributed by atoms with E-state index in [1.165, 1.54) is 11.1 Å². The summed E-state index contributed by atoms with van der Waals surface area (Å²) in [6.07, 6.45) is 7.65. The molecule has 0 spiro atoms. The highest BCUT2D eigenvalue weighted by Gasteiger charge is 2.38. The summed E-state index contributed by atoms with van der Waals surface area (Å²) < 4.78 is 11.4. The largest absolute Gasteiger partial charge is 0.504 e. The Morgan fingerprint density at radius 2 is 1.91 bits per heavy atom. The van der Waals surface area contributed by atoms with Crippen LogP contribution in [0.1, 0.15) is 41.5 Å². The van der Waals surface area contributed by atoms with Crippen LogP contribution in [0.25, 0.3) is 0 Å². The molecule has 32 heavy (non-hydrogen) atoms. The molecule has 2 N–H and O–H groups in total. The Hall–Kier alpha value is -3.40. The molecule has 3 aromatic carbocycles. The van der Waals surface area contributed by atoms with E-state index in [2.05, 4.69) is 66.0 Å². The SMILES string of the molecule is COc1cc(C2Nc3ccc(OCCCc4ccccc4)cc3C3C=CCC32)ccc1O. The Bertz CT molecular complexity index is 1110. The van der Waals surface area contributed by atoms with Gasteiger partial charge in [0.15, 0.2) is 11.5 Å². The van der Waals surface area contributed by atoms with E-state index in [1.807, 2.05) is 12.1 Å². The smallest absolute Gasteiger partial charge is 0.160 e. The topological polar surface area (TPSA) is 50.7 Å². The Kier molecular flexibility index (Phi) is 5.76. The second-order valence-corrected chi connectivity index (χ2v) is 8.59. The number of aryl methyl sites for hydroxylation is 1. The van der Waals surface area contributed by atoms with Crippen molar-refractivity contribution in [2.45, 2.75) is 31.2 Å². The predicted molar refractivity (Wildman–Crippen MR) is 128 cm³/mol. The molecule has 2 aliphatic rings. The molecule has 0 radical (unpaired) electrons. The normalized spacial score (nSPS) is 20.8. The minimum absolute atomic E-state index is 0.162. The van der Waals surface area contributed by atoms with Crippen LogP contribution in [0.4, 0.5) is 5.69 Å². The number of methoxy groups -OCH3 is 1. The van der Waals surface area contributed by atoms with Gasteiger partial charge in [0.1, 0.15) is 5.75 Å². The van der Waals surface area contributed by atoms with Gasteiger partial charge in [0.2, 0.25) is 0 Å². The highest BCUT2D eigenvalue weighted by Crippen LogP contribution is 2.51. The number of phenolic OH excluding ortho intramolecular Hbond substituents is 1. The number of hydrogen-bond donors (Lipinski definition) is 2. The summed E-state index contributed by atoms with van der Waals surface area (Å²) in [5.74, 6) is 2.39. The molecule has 0 amide bonds. The maximum absolute atomic E-state index is 9.99. The van der Waals surface area contributed by atoms with Crippen LogP contribution >= 0.6 is 0 Å². The highest BCUT2D eigenvalue weighted by atomic mass is 16.5. The number of aromatic hydroxyl groups is 1. The average molecular weight is 428 g/mol. The zero-order valence-electron chi connectivity index (χ0n) is 18.3. The van der Waals surface area contributed by atoms with Gasteiger partial charge >= 0.3 is 0 Å². The van der Waals surface area contributed by atoms with Gasteiger partial charge in [-0.15, -0.1) is 0 Å². The number of ether oxygens (including phenoxy) is 2. The highest BCUT2D eigenvalue weighted by molar-refractivity contribution is 5.62. The van der Waals surface area contributed by atoms with Crippen LogP contribution in [0.2, 0.25) is 0 Å². The van der Waals surface area contributed by atoms with Gasteiger partial charge in [0, 0.05) is 11.6 Å². The first-order valence-electron chi connectivity index (χ1n) is 11.3. The number of allylic oxidation sites excluding steroid dienone is 2. The van der Waals surface area contributed by atoms with Gasteiger partial charge in [0.25, 0.3) is 0 Å². The van der Waals surface area contributed by atoms with Crippen molar-refractivity contribution in [1.82, 2.24) is 0 Å². The van der Waals surface area contributed by atoms with Gasteiger partial charge in [-0.2, -0.15) is 0 Å². The first-order chi connectivity index (χ1) is 15.7. The molecule has 0 saturated carbocycles. The van der Waals surface area contributed by atoms with E-state index in [4.69, 9.17) is 9.47 Å². The number of phenols is 1. The van der Waals surface area contributed by atoms with E-state index < -0.39 is 0 Å². The Labute approximate surface area is 189 Å². The molecule has 0 aromatic heterocycles. The van der Waals surface area contributed by atoms with Crippen molar-refractivity contribution in [3.05, 3.63) is 95.6 Å². The Morgan fingerprint density at radius 3 is 2.75 bits per heavy atom. The van der Waals surface area contributed by atoms with Crippen molar-refractivity contribution >= 4 is 5.69 Å². The number of anilines is 1. The lowest BCUT2D eigenvalue weighted by Gasteiger charge is -2.37. The molecule has 164 valence electrons. The Balaban J connectivity index is 1.31. The minimum Gasteiger partial charge on any atom is -0.504 e. The van der Waals surface area contributed by atoms with E-state index in [-0.39, 0.29) is 11.8 Å². The zero-order chi connectivity index (χ0) is 21.9. The third kappa shape index (κ3) is 4.05. The third-order valence-corrected chi connectivity index (χ3v) is 6.62. The zero-order valence-corrected chi connectivity index (χ0v) is 18.3. The lowest BCUT2D eigenvalue weighted by atomic mass is 9.77. The van der Waals surface area contributed by atoms with Crippen molar-refractivity contribution < 1.29 is 14.6 Å². The number of hydrogen-bond acceptors (Lipinski definition) is 4. The molecule has 3 aromatic rings. The van der Waals surface area contributed by atoms with E-state index in [1.54, 1.807) is 13.2 Å². The van der Waals surface area contributed by atoms with Crippen LogP contribution in [0.15, 0.2) is 78.9 Å². The second kappa shape index (κ2) is 8.99. The molecule has 3 unspecified atom stereocenters. The van der Waals surface area contributed by atoms with E-state index in [0.29, 0.717) is 24.2 Å². The fourth-order valence-corrected chi connectivity index (χ4v) is 4.99. The quantitative estimate of drug-likeness (QED) is 0.346. The standard InChI is InChI=1S/C28H29NO3/c1-31-27-17-20(12-15-26(27)30)28-23-11-5-10-22(23)24-18-21(13-14-25(24)29-28)32-16-6-9-19-7-3-2-4-8-19/h2-5,7-8,10,12-15,17-18,22-23,28-30H,6,9,11,16H2,1H3. The third-order valence-electron chi connectivity index (χ3n) is 6.62. The minimum atomic E-state index is 0.162. The van der Waals surface area contributed by atoms with Gasteiger partial charge in [-0.25, -0.2) is 0 Å². The van der Waals surface area contributed by atoms with E-state index >= 15 is 0 Å². The van der Waals surface area contributed by atoms with E-state index in [0.717, 1.165) is 36.3 Å². The van der Waals surface area contributed by atoms with Gasteiger partial charge in [-0.1, -0.05) is 48.6 Å². The maximum atomic E-state index is 9.99. The molecular formula is C28H29NO3. The fraction of sp³-hybridized carbons (Fsp3) is 0.286. The molecule has 1 aliphatic heterocycles. The van der Waals surface area contributed by atoms with Crippen molar-refractivity contribution in [3.8, 4) is 17.2 Å². The summed E-state index contributed by atoms with van der Waals surface area (Å²) in [6.45, 7) is 0.709. The summed E-state index contributed by atoms with van der Waals surface area (Å²) >= 11 is 0. The van der Waals surface area contributed by atoms with Crippen LogP contribution in [-0.4, -0.2) is 18.8 Å². The summed E-state index contributed by atoms with van der Waals surface area (Å²) in [5, 5.41) is 13.7. The second-order valence-electron chi connectivity index (χ2n) is 8.59. The van der Waals surface area contributed by atoms with Crippen LogP contribution in [0.5, 0.6) is 17.2 Å².